The summed E-state index contributed by atoms with van der Waals surface area (Å²) in [5.41, 5.74) is 0. The predicted octanol–water partition coefficient (Wildman–Crippen LogP) is 1.29. The van der Waals surface area contributed by atoms with E-state index in [1.165, 1.54) is 0 Å². The quantitative estimate of drug-likeness (QED) is 0.375. The lowest BCUT2D eigenvalue weighted by molar-refractivity contribution is -0.0818. The van der Waals surface area contributed by atoms with Gasteiger partial charge in [-0.2, -0.15) is 0 Å². The molecule has 4 heteroatoms. The maximum Gasteiger partial charge on any atom is 0.151 e. The van der Waals surface area contributed by atoms with Gasteiger partial charge >= 0.3 is 0 Å². The van der Waals surface area contributed by atoms with Gasteiger partial charge in [0.2, 0.25) is 0 Å². The molecule has 2 N–H and O–H groups in total. The Morgan fingerprint density at radius 3 is 2.38 bits per heavy atom. The molecular weight excluding hydrogens is 204 g/mol. The number of nitrogens with one attached hydrogen (secondary N) is 1. The van der Waals surface area contributed by atoms with Crippen molar-refractivity contribution in [2.24, 2.45) is 16.8 Å². The van der Waals surface area contributed by atoms with Crippen LogP contribution in [0.3, 0.4) is 0 Å². The van der Waals surface area contributed by atoms with Gasteiger partial charge in [-0.1, -0.05) is 13.8 Å². The standard InChI is InChI=1S/C12H26N2O2/c1-9(2)12(10(3)13-5)8-14-6-7-16-11(4)15/h8-13,15H,6-7H2,1-5H3. The summed E-state index contributed by atoms with van der Waals surface area (Å²) >= 11 is 0. The molecule has 0 aromatic carbocycles. The molecule has 0 aromatic rings. The third-order valence-electron chi connectivity index (χ3n) is 2.66. The summed E-state index contributed by atoms with van der Waals surface area (Å²) in [5.74, 6) is 0.987. The molecule has 4 nitrogen and oxygen atoms in total. The first kappa shape index (κ1) is 15.6. The molecule has 0 bridgehead atoms. The van der Waals surface area contributed by atoms with Crippen LogP contribution >= 0.6 is 0 Å². The first-order valence-electron chi connectivity index (χ1n) is 5.96. The highest BCUT2D eigenvalue weighted by Crippen LogP contribution is 2.12. The zero-order valence-electron chi connectivity index (χ0n) is 11.1. The maximum atomic E-state index is 8.89. The van der Waals surface area contributed by atoms with Crippen molar-refractivity contribution in [3.8, 4) is 0 Å². The predicted molar refractivity (Wildman–Crippen MR) is 67.8 cm³/mol. The second-order valence-corrected chi connectivity index (χ2v) is 4.42. The van der Waals surface area contributed by atoms with Crippen molar-refractivity contribution >= 4 is 6.21 Å². The number of aliphatic hydroxyl groups excluding tert-OH is 1. The fourth-order valence-electron chi connectivity index (χ4n) is 1.54. The van der Waals surface area contributed by atoms with Gasteiger partial charge in [-0.3, -0.25) is 4.99 Å². The second kappa shape index (κ2) is 8.67. The van der Waals surface area contributed by atoms with E-state index >= 15 is 0 Å². The largest absolute Gasteiger partial charge is 0.368 e. The Kier molecular flexibility index (Phi) is 8.43. The number of hydrogen-bond donors (Lipinski definition) is 2. The van der Waals surface area contributed by atoms with Crippen LogP contribution in [0.4, 0.5) is 0 Å². The van der Waals surface area contributed by atoms with Crippen LogP contribution in [0.5, 0.6) is 0 Å². The monoisotopic (exact) mass is 230 g/mol. The first-order valence-corrected chi connectivity index (χ1v) is 5.96. The summed E-state index contributed by atoms with van der Waals surface area (Å²) in [6.07, 6.45) is 1.30. The highest BCUT2D eigenvalue weighted by atomic mass is 16.6. The zero-order valence-corrected chi connectivity index (χ0v) is 11.1. The highest BCUT2D eigenvalue weighted by molar-refractivity contribution is 5.62. The molecule has 0 saturated carbocycles. The minimum absolute atomic E-state index is 0.418. The van der Waals surface area contributed by atoms with Crippen molar-refractivity contribution in [1.82, 2.24) is 5.32 Å². The molecule has 0 aliphatic heterocycles. The smallest absolute Gasteiger partial charge is 0.151 e. The van der Waals surface area contributed by atoms with Gasteiger partial charge in [0.05, 0.1) is 13.2 Å². The Hall–Kier alpha value is -0.450. The fourth-order valence-corrected chi connectivity index (χ4v) is 1.54. The average molecular weight is 230 g/mol. The molecule has 3 unspecified atom stereocenters. The second-order valence-electron chi connectivity index (χ2n) is 4.42. The van der Waals surface area contributed by atoms with Crippen LogP contribution in [-0.2, 0) is 4.74 Å². The van der Waals surface area contributed by atoms with Gasteiger partial charge in [-0.15, -0.1) is 0 Å². The Morgan fingerprint density at radius 1 is 1.31 bits per heavy atom. The van der Waals surface area contributed by atoms with E-state index in [4.69, 9.17) is 9.84 Å². The molecule has 0 radical (unpaired) electrons. The van der Waals surface area contributed by atoms with Crippen molar-refractivity contribution in [2.45, 2.75) is 40.0 Å². The van der Waals surface area contributed by atoms with E-state index in [9.17, 15) is 0 Å². The van der Waals surface area contributed by atoms with Crippen LogP contribution in [0.1, 0.15) is 27.7 Å². The van der Waals surface area contributed by atoms with E-state index in [2.05, 4.69) is 31.1 Å². The molecule has 96 valence electrons. The molecule has 0 heterocycles. The van der Waals surface area contributed by atoms with Gasteiger partial charge in [0, 0.05) is 18.2 Å². The molecule has 0 saturated heterocycles. The third kappa shape index (κ3) is 6.93. The van der Waals surface area contributed by atoms with Gasteiger partial charge < -0.3 is 15.2 Å². The molecule has 0 aliphatic carbocycles. The fraction of sp³-hybridized carbons (Fsp3) is 0.917. The number of hydrogen-bond acceptors (Lipinski definition) is 4. The molecule has 0 amide bonds. The third-order valence-corrected chi connectivity index (χ3v) is 2.66. The summed E-state index contributed by atoms with van der Waals surface area (Å²) in [4.78, 5) is 4.33. The topological polar surface area (TPSA) is 53.9 Å². The minimum Gasteiger partial charge on any atom is -0.368 e. The molecule has 0 fully saturated rings. The van der Waals surface area contributed by atoms with Crippen LogP contribution < -0.4 is 5.32 Å². The molecular formula is C12H26N2O2. The van der Waals surface area contributed by atoms with Gasteiger partial charge in [0.1, 0.15) is 0 Å². The number of aliphatic hydroxyl groups is 1. The SMILES string of the molecule is CNC(C)C(C=NCCOC(C)O)C(C)C. The lowest BCUT2D eigenvalue weighted by Gasteiger charge is -2.23. The van der Waals surface area contributed by atoms with E-state index in [0.29, 0.717) is 31.0 Å². The molecule has 0 aliphatic rings. The zero-order chi connectivity index (χ0) is 12.6. The first-order chi connectivity index (χ1) is 7.49. The summed E-state index contributed by atoms with van der Waals surface area (Å²) in [7, 11) is 1.96. The van der Waals surface area contributed by atoms with Crippen molar-refractivity contribution in [3.05, 3.63) is 0 Å². The lowest BCUT2D eigenvalue weighted by Crippen LogP contribution is -2.34. The van der Waals surface area contributed by atoms with Crippen LogP contribution in [0, 0.1) is 11.8 Å². The average Bonchev–Trinajstić information content (AvgIpc) is 2.21. The van der Waals surface area contributed by atoms with Gasteiger partial charge in [0.25, 0.3) is 0 Å². The van der Waals surface area contributed by atoms with E-state index in [1.807, 2.05) is 13.3 Å². The molecule has 0 aromatic heterocycles. The summed E-state index contributed by atoms with van der Waals surface area (Å²) in [6.45, 7) is 9.21. The lowest BCUT2D eigenvalue weighted by atomic mass is 9.90. The van der Waals surface area contributed by atoms with Gasteiger partial charge in [-0.05, 0) is 26.8 Å². The van der Waals surface area contributed by atoms with Crippen molar-refractivity contribution in [3.63, 3.8) is 0 Å². The Morgan fingerprint density at radius 2 is 1.94 bits per heavy atom. The van der Waals surface area contributed by atoms with Crippen LogP contribution in [-0.4, -0.2) is 43.9 Å². The molecule has 3 atom stereocenters. The number of ether oxygens (including phenoxy) is 1. The molecule has 0 rings (SSSR count). The van der Waals surface area contributed by atoms with Crippen molar-refractivity contribution in [2.75, 3.05) is 20.2 Å². The maximum absolute atomic E-state index is 8.89. The Balaban J connectivity index is 3.95. The minimum atomic E-state index is -0.702. The van der Waals surface area contributed by atoms with Crippen LogP contribution in [0.2, 0.25) is 0 Å². The van der Waals surface area contributed by atoms with Crippen molar-refractivity contribution in [1.29, 1.82) is 0 Å². The number of nitrogens with zero attached hydrogens (tertiary/aromatic N) is 1. The van der Waals surface area contributed by atoms with Gasteiger partial charge in [0.15, 0.2) is 6.29 Å². The molecule has 0 spiro atoms. The van der Waals surface area contributed by atoms with E-state index in [1.54, 1.807) is 6.92 Å². The number of aliphatic imine (C=N–C) groups is 1. The summed E-state index contributed by atoms with van der Waals surface area (Å²) in [6, 6.07) is 0.418. The van der Waals surface area contributed by atoms with E-state index < -0.39 is 6.29 Å². The van der Waals surface area contributed by atoms with Crippen molar-refractivity contribution < 1.29 is 9.84 Å². The normalized spacial score (nSPS) is 17.9. The Labute approximate surface area is 99.1 Å². The van der Waals surface area contributed by atoms with E-state index in [0.717, 1.165) is 0 Å². The molecule has 16 heavy (non-hydrogen) atoms. The van der Waals surface area contributed by atoms with Crippen LogP contribution in [0.25, 0.3) is 0 Å². The summed E-state index contributed by atoms with van der Waals surface area (Å²) < 4.78 is 5.00. The van der Waals surface area contributed by atoms with Gasteiger partial charge in [-0.25, -0.2) is 0 Å². The number of rotatable bonds is 8. The van der Waals surface area contributed by atoms with E-state index in [-0.39, 0.29) is 0 Å². The Bertz CT molecular complexity index is 193. The summed E-state index contributed by atoms with van der Waals surface area (Å²) in [5, 5.41) is 12.1. The van der Waals surface area contributed by atoms with Crippen LogP contribution in [0.15, 0.2) is 4.99 Å². The highest BCUT2D eigenvalue weighted by Gasteiger charge is 2.16.